The molecule has 7 nitrogen and oxygen atoms in total. The highest BCUT2D eigenvalue weighted by Crippen LogP contribution is 2.33. The Bertz CT molecular complexity index is 1090. The Hall–Kier alpha value is -3.43. The molecule has 0 bridgehead atoms. The minimum absolute atomic E-state index is 0.134. The van der Waals surface area contributed by atoms with Gasteiger partial charge in [0.15, 0.2) is 5.65 Å². The molecule has 158 valence electrons. The number of alkyl halides is 3. The van der Waals surface area contributed by atoms with Gasteiger partial charge in [-0.05, 0) is 18.1 Å². The second-order valence-corrected chi connectivity index (χ2v) is 6.83. The minimum atomic E-state index is -4.65. The number of amides is 1. The van der Waals surface area contributed by atoms with E-state index in [1.165, 1.54) is 18.3 Å². The summed E-state index contributed by atoms with van der Waals surface area (Å²) < 4.78 is 45.6. The molecule has 0 radical (unpaired) electrons. The number of hydrogen-bond acceptors (Lipinski definition) is 5. The van der Waals surface area contributed by atoms with Gasteiger partial charge in [-0.3, -0.25) is 4.79 Å². The van der Waals surface area contributed by atoms with Crippen molar-refractivity contribution in [2.45, 2.75) is 26.4 Å². The molecule has 0 aliphatic heterocycles. The van der Waals surface area contributed by atoms with Crippen LogP contribution in [0.1, 0.15) is 31.5 Å². The van der Waals surface area contributed by atoms with Crippen molar-refractivity contribution in [3.8, 4) is 17.1 Å². The minimum Gasteiger partial charge on any atom is -0.477 e. The van der Waals surface area contributed by atoms with Gasteiger partial charge in [-0.15, -0.1) is 0 Å². The number of carbonyl (C=O) groups excluding carboxylic acids is 1. The second-order valence-electron chi connectivity index (χ2n) is 6.83. The highest BCUT2D eigenvalue weighted by molar-refractivity contribution is 5.93. The molecule has 0 saturated heterocycles. The SMILES string of the molecule is CC[C@@H](C)COc1cc(-c2cnc3[nH]cc(C=CC(N)=O)c3n2)cc(C(F)(F)F)n1. The van der Waals surface area contributed by atoms with Crippen LogP contribution in [0.25, 0.3) is 28.5 Å². The number of aromatic amines is 1. The zero-order valence-corrected chi connectivity index (χ0v) is 16.3. The molecule has 1 atom stereocenters. The number of H-pyrrole nitrogens is 1. The third-order valence-electron chi connectivity index (χ3n) is 4.44. The number of pyridine rings is 1. The Morgan fingerprint density at radius 3 is 2.77 bits per heavy atom. The number of primary amides is 1. The van der Waals surface area contributed by atoms with E-state index in [-0.39, 0.29) is 29.7 Å². The number of nitrogens with two attached hydrogens (primary N) is 1. The molecule has 0 aliphatic rings. The molecule has 3 rings (SSSR count). The number of halogens is 3. The van der Waals surface area contributed by atoms with Gasteiger partial charge in [-0.1, -0.05) is 20.3 Å². The van der Waals surface area contributed by atoms with Crippen molar-refractivity contribution in [2.75, 3.05) is 6.61 Å². The molecule has 0 saturated carbocycles. The monoisotopic (exact) mass is 419 g/mol. The number of carbonyl (C=O) groups is 1. The number of fused-ring (bicyclic) bond motifs is 1. The highest BCUT2D eigenvalue weighted by atomic mass is 19.4. The molecule has 10 heteroatoms. The summed E-state index contributed by atoms with van der Waals surface area (Å²) in [5.74, 6) is -0.606. The van der Waals surface area contributed by atoms with Gasteiger partial charge in [0, 0.05) is 29.5 Å². The molecule has 3 aromatic heterocycles. The molecule has 3 N–H and O–H groups in total. The Balaban J connectivity index is 2.05. The van der Waals surface area contributed by atoms with E-state index in [9.17, 15) is 18.0 Å². The Labute approximate surface area is 170 Å². The van der Waals surface area contributed by atoms with Crippen molar-refractivity contribution in [1.29, 1.82) is 0 Å². The van der Waals surface area contributed by atoms with Gasteiger partial charge in [-0.25, -0.2) is 15.0 Å². The summed E-state index contributed by atoms with van der Waals surface area (Å²) in [6.45, 7) is 4.14. The molecule has 1 amide bonds. The lowest BCUT2D eigenvalue weighted by atomic mass is 10.1. The largest absolute Gasteiger partial charge is 0.477 e. The molecule has 0 fully saturated rings. The number of hydrogen-bond donors (Lipinski definition) is 2. The predicted octanol–water partition coefficient (Wildman–Crippen LogP) is 3.96. The van der Waals surface area contributed by atoms with Gasteiger partial charge in [0.05, 0.1) is 18.5 Å². The van der Waals surface area contributed by atoms with Crippen LogP contribution in [0, 0.1) is 5.92 Å². The van der Waals surface area contributed by atoms with Gasteiger partial charge in [0.2, 0.25) is 11.8 Å². The normalized spacial score (nSPS) is 13.1. The number of rotatable bonds is 7. The molecule has 0 aliphatic carbocycles. The van der Waals surface area contributed by atoms with Crippen molar-refractivity contribution < 1.29 is 22.7 Å². The first-order chi connectivity index (χ1) is 14.2. The van der Waals surface area contributed by atoms with Crippen LogP contribution in [-0.2, 0) is 11.0 Å². The van der Waals surface area contributed by atoms with E-state index in [0.29, 0.717) is 16.7 Å². The average molecular weight is 419 g/mol. The molecule has 30 heavy (non-hydrogen) atoms. The quantitative estimate of drug-likeness (QED) is 0.564. The summed E-state index contributed by atoms with van der Waals surface area (Å²) in [7, 11) is 0. The summed E-state index contributed by atoms with van der Waals surface area (Å²) in [4.78, 5) is 26.1. The van der Waals surface area contributed by atoms with Gasteiger partial charge < -0.3 is 15.5 Å². The lowest BCUT2D eigenvalue weighted by Gasteiger charge is -2.14. The van der Waals surface area contributed by atoms with E-state index in [0.717, 1.165) is 18.6 Å². The first-order valence-electron chi connectivity index (χ1n) is 9.21. The third-order valence-corrected chi connectivity index (χ3v) is 4.44. The van der Waals surface area contributed by atoms with Crippen LogP contribution in [0.2, 0.25) is 0 Å². The third kappa shape index (κ3) is 4.94. The number of aromatic nitrogens is 4. The van der Waals surface area contributed by atoms with Crippen molar-refractivity contribution in [2.24, 2.45) is 11.7 Å². The van der Waals surface area contributed by atoms with E-state index in [1.54, 1.807) is 6.20 Å². The molecular formula is C20H20F3N5O2. The van der Waals surface area contributed by atoms with Gasteiger partial charge in [0.25, 0.3) is 0 Å². The van der Waals surface area contributed by atoms with E-state index in [1.807, 2.05) is 13.8 Å². The van der Waals surface area contributed by atoms with E-state index in [4.69, 9.17) is 10.5 Å². The highest BCUT2D eigenvalue weighted by Gasteiger charge is 2.34. The van der Waals surface area contributed by atoms with E-state index >= 15 is 0 Å². The first-order valence-corrected chi connectivity index (χ1v) is 9.21. The average Bonchev–Trinajstić information content (AvgIpc) is 3.11. The Morgan fingerprint density at radius 1 is 1.33 bits per heavy atom. The number of nitrogens with zero attached hydrogens (tertiary/aromatic N) is 3. The van der Waals surface area contributed by atoms with Crippen molar-refractivity contribution in [3.05, 3.63) is 41.9 Å². The lowest BCUT2D eigenvalue weighted by molar-refractivity contribution is -0.141. The van der Waals surface area contributed by atoms with Crippen LogP contribution in [0.3, 0.4) is 0 Å². The van der Waals surface area contributed by atoms with Crippen LogP contribution < -0.4 is 10.5 Å². The molecule has 0 unspecified atom stereocenters. The van der Waals surface area contributed by atoms with Crippen LogP contribution in [0.4, 0.5) is 13.2 Å². The van der Waals surface area contributed by atoms with Crippen LogP contribution >= 0.6 is 0 Å². The van der Waals surface area contributed by atoms with Gasteiger partial charge >= 0.3 is 6.18 Å². The smallest absolute Gasteiger partial charge is 0.433 e. The maximum absolute atomic E-state index is 13.4. The lowest BCUT2D eigenvalue weighted by Crippen LogP contribution is -2.12. The van der Waals surface area contributed by atoms with Crippen molar-refractivity contribution in [1.82, 2.24) is 19.9 Å². The van der Waals surface area contributed by atoms with Crippen molar-refractivity contribution >= 4 is 23.1 Å². The van der Waals surface area contributed by atoms with E-state index < -0.39 is 17.8 Å². The summed E-state index contributed by atoms with van der Waals surface area (Å²) in [6.07, 6.45) is 1.71. The standard InChI is InChI=1S/C20H20F3N5O2/c1-3-11(2)10-30-17-7-13(6-15(28-17)20(21,22)23)14-9-26-19-18(27-14)12(8-25-19)4-5-16(24)29/h4-9,11H,3,10H2,1-2H3,(H2,24,29)(H,25,26)/t11-/m1/s1. The topological polar surface area (TPSA) is 107 Å². The first kappa shape index (κ1) is 21.3. The second kappa shape index (κ2) is 8.52. The summed E-state index contributed by atoms with van der Waals surface area (Å²) in [6, 6.07) is 2.30. The van der Waals surface area contributed by atoms with Crippen molar-refractivity contribution in [3.63, 3.8) is 0 Å². The van der Waals surface area contributed by atoms with Crippen LogP contribution in [-0.4, -0.2) is 32.4 Å². The molecular weight excluding hydrogens is 399 g/mol. The van der Waals surface area contributed by atoms with Crippen LogP contribution in [0.5, 0.6) is 5.88 Å². The fraction of sp³-hybridized carbons (Fsp3) is 0.300. The summed E-state index contributed by atoms with van der Waals surface area (Å²) >= 11 is 0. The molecule has 3 heterocycles. The fourth-order valence-electron chi connectivity index (χ4n) is 2.57. The Kier molecular flexibility index (Phi) is 6.04. The maximum atomic E-state index is 13.4. The fourth-order valence-corrected chi connectivity index (χ4v) is 2.57. The molecule has 0 aromatic carbocycles. The number of nitrogens with one attached hydrogen (secondary N) is 1. The number of ether oxygens (including phenoxy) is 1. The van der Waals surface area contributed by atoms with Gasteiger partial charge in [0.1, 0.15) is 11.2 Å². The molecule has 3 aromatic rings. The maximum Gasteiger partial charge on any atom is 0.433 e. The summed E-state index contributed by atoms with van der Waals surface area (Å²) in [5, 5.41) is 0. The molecule has 0 spiro atoms. The Morgan fingerprint density at radius 2 is 2.10 bits per heavy atom. The van der Waals surface area contributed by atoms with E-state index in [2.05, 4.69) is 19.9 Å². The zero-order chi connectivity index (χ0) is 21.9. The van der Waals surface area contributed by atoms with Crippen LogP contribution in [0.15, 0.2) is 30.6 Å². The summed E-state index contributed by atoms with van der Waals surface area (Å²) in [5.41, 5.74) is 5.73. The zero-order valence-electron chi connectivity index (χ0n) is 16.3. The predicted molar refractivity (Wildman–Crippen MR) is 105 cm³/mol. The van der Waals surface area contributed by atoms with Gasteiger partial charge in [-0.2, -0.15) is 13.2 Å².